The number of rotatable bonds is 8. The van der Waals surface area contributed by atoms with Crippen molar-refractivity contribution in [1.29, 1.82) is 0 Å². The highest BCUT2D eigenvalue weighted by molar-refractivity contribution is 7.92. The van der Waals surface area contributed by atoms with Gasteiger partial charge in [0, 0.05) is 12.4 Å². The van der Waals surface area contributed by atoms with Crippen LogP contribution in [0.15, 0.2) is 18.2 Å². The molecule has 0 radical (unpaired) electrons. The van der Waals surface area contributed by atoms with Gasteiger partial charge >= 0.3 is 0 Å². The largest absolute Gasteiger partial charge is 0.495 e. The molecule has 0 spiro atoms. The van der Waals surface area contributed by atoms with E-state index in [1.54, 1.807) is 19.1 Å². The minimum Gasteiger partial charge on any atom is -0.495 e. The summed E-state index contributed by atoms with van der Waals surface area (Å²) in [7, 11) is 1.97. The van der Waals surface area contributed by atoms with E-state index in [0.717, 1.165) is 12.1 Å². The highest BCUT2D eigenvalue weighted by Crippen LogP contribution is 2.27. The molecule has 0 aromatic heterocycles. The Morgan fingerprint density at radius 2 is 2.05 bits per heavy atom. The van der Waals surface area contributed by atoms with Crippen molar-refractivity contribution in [2.75, 3.05) is 37.6 Å². The number of sulfonamides is 1. The fourth-order valence-electron chi connectivity index (χ4n) is 1.93. The second kappa shape index (κ2) is 7.87. The lowest BCUT2D eigenvalue weighted by molar-refractivity contribution is 0.400. The quantitative estimate of drug-likeness (QED) is 0.741. The summed E-state index contributed by atoms with van der Waals surface area (Å²) in [6.07, 6.45) is 0. The van der Waals surface area contributed by atoms with Crippen molar-refractivity contribution in [2.45, 2.75) is 13.5 Å². The number of benzene rings is 1. The molecule has 1 atom stereocenters. The monoisotopic (exact) mass is 334 g/mol. The molecule has 1 aromatic rings. The number of alkyl halides is 1. The van der Waals surface area contributed by atoms with Crippen LogP contribution in [0.3, 0.4) is 0 Å². The highest BCUT2D eigenvalue weighted by Gasteiger charge is 2.17. The molecule has 5 nitrogen and oxygen atoms in total. The number of nitrogens with one attached hydrogen (secondary N) is 1. The second-order valence-corrected chi connectivity index (χ2v) is 7.49. The zero-order valence-electron chi connectivity index (χ0n) is 12.9. The predicted molar refractivity (Wildman–Crippen MR) is 87.7 cm³/mol. The van der Waals surface area contributed by atoms with Gasteiger partial charge < -0.3 is 9.64 Å². The molecule has 120 valence electrons. The minimum atomic E-state index is -3.45. The summed E-state index contributed by atoms with van der Waals surface area (Å²) in [4.78, 5) is 2.01. The molecule has 0 fully saturated rings. The van der Waals surface area contributed by atoms with Crippen LogP contribution in [0, 0.1) is 5.92 Å². The second-order valence-electron chi connectivity index (χ2n) is 5.42. The van der Waals surface area contributed by atoms with Crippen LogP contribution in [-0.2, 0) is 16.6 Å². The molecule has 0 aliphatic rings. The van der Waals surface area contributed by atoms with Gasteiger partial charge in [0.15, 0.2) is 0 Å². The van der Waals surface area contributed by atoms with Crippen molar-refractivity contribution in [3.63, 3.8) is 0 Å². The van der Waals surface area contributed by atoms with Gasteiger partial charge in [-0.05, 0) is 37.7 Å². The van der Waals surface area contributed by atoms with Gasteiger partial charge in [-0.3, -0.25) is 4.72 Å². The fraction of sp³-hybridized carbons (Fsp3) is 0.571. The van der Waals surface area contributed by atoms with Crippen LogP contribution in [0.2, 0.25) is 0 Å². The van der Waals surface area contributed by atoms with Crippen molar-refractivity contribution >= 4 is 27.3 Å². The molecular formula is C14H23ClN2O3S. The molecular weight excluding hydrogens is 312 g/mol. The molecule has 0 amide bonds. The molecule has 21 heavy (non-hydrogen) atoms. The van der Waals surface area contributed by atoms with E-state index in [1.807, 2.05) is 25.1 Å². The summed E-state index contributed by atoms with van der Waals surface area (Å²) in [6, 6.07) is 5.47. The molecule has 0 heterocycles. The third-order valence-electron chi connectivity index (χ3n) is 2.80. The standard InChI is InChI=1S/C14H23ClN2O3S/c1-11(8-15)10-21(18,19)16-13-7-12(9-17(2)3)5-6-14(13)20-4/h5-7,11,16H,8-10H2,1-4H3. The smallest absolute Gasteiger partial charge is 0.233 e. The van der Waals surface area contributed by atoms with E-state index < -0.39 is 10.0 Å². The van der Waals surface area contributed by atoms with Crippen LogP contribution in [0.5, 0.6) is 5.75 Å². The Labute approximate surface area is 132 Å². The number of halogens is 1. The first-order valence-corrected chi connectivity index (χ1v) is 8.84. The zero-order chi connectivity index (χ0) is 16.0. The van der Waals surface area contributed by atoms with E-state index in [4.69, 9.17) is 16.3 Å². The first-order valence-electron chi connectivity index (χ1n) is 6.65. The third kappa shape index (κ3) is 6.11. The summed E-state index contributed by atoms with van der Waals surface area (Å²) in [5.74, 6) is 0.677. The van der Waals surface area contributed by atoms with Gasteiger partial charge in [0.2, 0.25) is 10.0 Å². The number of anilines is 1. The Balaban J connectivity index is 2.99. The maximum absolute atomic E-state index is 12.1. The van der Waals surface area contributed by atoms with Crippen LogP contribution in [-0.4, -0.2) is 46.2 Å². The molecule has 0 aliphatic heterocycles. The molecule has 7 heteroatoms. The van der Waals surface area contributed by atoms with Crippen LogP contribution in [0.25, 0.3) is 0 Å². The maximum atomic E-state index is 12.1. The fourth-order valence-corrected chi connectivity index (χ4v) is 3.61. The summed E-state index contributed by atoms with van der Waals surface area (Å²) in [6.45, 7) is 2.52. The number of ether oxygens (including phenoxy) is 1. The summed E-state index contributed by atoms with van der Waals surface area (Å²) < 4.78 is 32.1. The van der Waals surface area contributed by atoms with E-state index >= 15 is 0 Å². The first kappa shape index (κ1) is 18.1. The lowest BCUT2D eigenvalue weighted by atomic mass is 10.2. The van der Waals surface area contributed by atoms with Crippen LogP contribution in [0.4, 0.5) is 5.69 Å². The van der Waals surface area contributed by atoms with Gasteiger partial charge in [-0.25, -0.2) is 8.42 Å². The Bertz CT molecular complexity index is 561. The third-order valence-corrected chi connectivity index (χ3v) is 4.86. The molecule has 0 saturated carbocycles. The Kier molecular flexibility index (Phi) is 6.77. The average molecular weight is 335 g/mol. The summed E-state index contributed by atoms with van der Waals surface area (Å²) in [5, 5.41) is 0. The van der Waals surface area contributed by atoms with E-state index in [-0.39, 0.29) is 11.7 Å². The van der Waals surface area contributed by atoms with Gasteiger partial charge in [-0.2, -0.15) is 0 Å². The molecule has 0 bridgehead atoms. The number of hydrogen-bond acceptors (Lipinski definition) is 4. The minimum absolute atomic E-state index is 0.0163. The SMILES string of the molecule is COc1ccc(CN(C)C)cc1NS(=O)(=O)CC(C)CCl. The number of nitrogens with zero attached hydrogens (tertiary/aromatic N) is 1. The molecule has 1 aromatic carbocycles. The highest BCUT2D eigenvalue weighted by atomic mass is 35.5. The summed E-state index contributed by atoms with van der Waals surface area (Å²) in [5.41, 5.74) is 1.46. The van der Waals surface area contributed by atoms with Gasteiger partial charge in [-0.1, -0.05) is 13.0 Å². The maximum Gasteiger partial charge on any atom is 0.233 e. The zero-order valence-corrected chi connectivity index (χ0v) is 14.5. The molecule has 1 unspecified atom stereocenters. The Morgan fingerprint density at radius 1 is 1.38 bits per heavy atom. The molecule has 1 N–H and O–H groups in total. The molecule has 0 saturated heterocycles. The van der Waals surface area contributed by atoms with Crippen molar-refractivity contribution in [3.8, 4) is 5.75 Å². The van der Waals surface area contributed by atoms with Crippen molar-refractivity contribution in [1.82, 2.24) is 4.90 Å². The Hall–Kier alpha value is -0.980. The normalized spacial score (nSPS) is 13.2. The van der Waals surface area contributed by atoms with Crippen molar-refractivity contribution in [3.05, 3.63) is 23.8 Å². The van der Waals surface area contributed by atoms with E-state index in [9.17, 15) is 8.42 Å². The van der Waals surface area contributed by atoms with Gasteiger partial charge in [0.25, 0.3) is 0 Å². The van der Waals surface area contributed by atoms with Crippen molar-refractivity contribution in [2.24, 2.45) is 5.92 Å². The average Bonchev–Trinajstić information content (AvgIpc) is 2.37. The summed E-state index contributed by atoms with van der Waals surface area (Å²) >= 11 is 5.68. The predicted octanol–water partition coefficient (Wildman–Crippen LogP) is 2.37. The number of hydrogen-bond donors (Lipinski definition) is 1. The van der Waals surface area contributed by atoms with Crippen LogP contribution >= 0.6 is 11.6 Å². The van der Waals surface area contributed by atoms with Crippen LogP contribution in [0.1, 0.15) is 12.5 Å². The molecule has 1 rings (SSSR count). The molecule has 0 aliphatic carbocycles. The first-order chi connectivity index (χ1) is 9.77. The number of methoxy groups -OCH3 is 1. The van der Waals surface area contributed by atoms with Crippen molar-refractivity contribution < 1.29 is 13.2 Å². The van der Waals surface area contributed by atoms with E-state index in [1.165, 1.54) is 7.11 Å². The van der Waals surface area contributed by atoms with E-state index in [0.29, 0.717) is 17.3 Å². The van der Waals surface area contributed by atoms with Gasteiger partial charge in [0.1, 0.15) is 5.75 Å². The van der Waals surface area contributed by atoms with Crippen LogP contribution < -0.4 is 9.46 Å². The Morgan fingerprint density at radius 3 is 2.57 bits per heavy atom. The lowest BCUT2D eigenvalue weighted by Crippen LogP contribution is -2.22. The topological polar surface area (TPSA) is 58.6 Å². The lowest BCUT2D eigenvalue weighted by Gasteiger charge is -2.16. The van der Waals surface area contributed by atoms with E-state index in [2.05, 4.69) is 4.72 Å². The van der Waals surface area contributed by atoms with Gasteiger partial charge in [-0.15, -0.1) is 11.6 Å². The van der Waals surface area contributed by atoms with Gasteiger partial charge in [0.05, 0.1) is 18.6 Å².